The van der Waals surface area contributed by atoms with E-state index in [0.717, 1.165) is 22.5 Å². The molecule has 21 heavy (non-hydrogen) atoms. The maximum atomic E-state index is 12.2. The average Bonchev–Trinajstić information content (AvgIpc) is 2.78. The van der Waals surface area contributed by atoms with Crippen molar-refractivity contribution in [3.63, 3.8) is 0 Å². The first-order valence-electron chi connectivity index (χ1n) is 6.07. The van der Waals surface area contributed by atoms with Gasteiger partial charge in [0.05, 0.1) is 16.4 Å². The number of hydrogen-bond donors (Lipinski definition) is 2. The zero-order valence-corrected chi connectivity index (χ0v) is 13.5. The number of hydrogen-bond acceptors (Lipinski definition) is 3. The molecule has 0 aliphatic rings. The molecule has 3 N–H and O–H groups in total. The standard InChI is InChI=1S/C15H12Cl2N2OS/c1-9-4-5-10(3-2-6-18)7-12(9)19-15(20)11-8-13(16)21-14(11)17/h4-5,7-8H,6,18H2,1H3,(H,19,20). The van der Waals surface area contributed by atoms with Crippen molar-refractivity contribution in [3.05, 3.63) is 49.6 Å². The number of nitrogens with two attached hydrogens (primary N) is 1. The van der Waals surface area contributed by atoms with Gasteiger partial charge >= 0.3 is 0 Å². The minimum absolute atomic E-state index is 0.290. The fourth-order valence-corrected chi connectivity index (χ4v) is 3.13. The van der Waals surface area contributed by atoms with E-state index >= 15 is 0 Å². The second-order valence-corrected chi connectivity index (χ2v) is 6.51. The fraction of sp³-hybridized carbons (Fsp3) is 0.133. The summed E-state index contributed by atoms with van der Waals surface area (Å²) in [5.41, 5.74) is 8.12. The molecule has 0 saturated carbocycles. The van der Waals surface area contributed by atoms with E-state index in [1.807, 2.05) is 19.1 Å². The Morgan fingerprint density at radius 1 is 1.38 bits per heavy atom. The zero-order chi connectivity index (χ0) is 15.4. The van der Waals surface area contributed by atoms with Gasteiger partial charge < -0.3 is 11.1 Å². The van der Waals surface area contributed by atoms with E-state index in [1.54, 1.807) is 12.1 Å². The van der Waals surface area contributed by atoms with Crippen LogP contribution in [0.5, 0.6) is 0 Å². The minimum Gasteiger partial charge on any atom is -0.322 e. The van der Waals surface area contributed by atoms with Crippen LogP contribution < -0.4 is 11.1 Å². The molecule has 1 heterocycles. The topological polar surface area (TPSA) is 55.1 Å². The Labute approximate surface area is 137 Å². The summed E-state index contributed by atoms with van der Waals surface area (Å²) in [6.45, 7) is 2.19. The quantitative estimate of drug-likeness (QED) is 0.815. The van der Waals surface area contributed by atoms with Crippen LogP contribution in [0.15, 0.2) is 24.3 Å². The van der Waals surface area contributed by atoms with E-state index < -0.39 is 0 Å². The Hall–Kier alpha value is -1.51. The molecule has 0 aliphatic carbocycles. The first-order valence-corrected chi connectivity index (χ1v) is 7.64. The lowest BCUT2D eigenvalue weighted by Gasteiger charge is -2.08. The maximum absolute atomic E-state index is 12.2. The van der Waals surface area contributed by atoms with E-state index in [2.05, 4.69) is 17.2 Å². The third kappa shape index (κ3) is 3.99. The second kappa shape index (κ2) is 6.97. The highest BCUT2D eigenvalue weighted by atomic mass is 35.5. The van der Waals surface area contributed by atoms with Crippen molar-refractivity contribution in [1.82, 2.24) is 0 Å². The molecule has 1 aromatic carbocycles. The molecule has 6 heteroatoms. The lowest BCUT2D eigenvalue weighted by atomic mass is 10.1. The maximum Gasteiger partial charge on any atom is 0.258 e. The van der Waals surface area contributed by atoms with Gasteiger partial charge in [-0.15, -0.1) is 11.3 Å². The molecule has 1 aromatic heterocycles. The number of amides is 1. The number of halogens is 2. The molecule has 0 radical (unpaired) electrons. The number of anilines is 1. The summed E-state index contributed by atoms with van der Waals surface area (Å²) in [4.78, 5) is 12.2. The van der Waals surface area contributed by atoms with Crippen LogP contribution in [0, 0.1) is 18.8 Å². The Balaban J connectivity index is 2.26. The predicted molar refractivity (Wildman–Crippen MR) is 89.4 cm³/mol. The van der Waals surface area contributed by atoms with Gasteiger partial charge in [0.25, 0.3) is 5.91 Å². The predicted octanol–water partition coefficient (Wildman–Crippen LogP) is 3.93. The molecular weight excluding hydrogens is 327 g/mol. The van der Waals surface area contributed by atoms with Gasteiger partial charge in [0.2, 0.25) is 0 Å². The number of rotatable bonds is 2. The summed E-state index contributed by atoms with van der Waals surface area (Å²) < 4.78 is 0.846. The molecule has 2 aromatic rings. The molecule has 2 rings (SSSR count). The highest BCUT2D eigenvalue weighted by Crippen LogP contribution is 2.31. The molecule has 0 atom stereocenters. The van der Waals surface area contributed by atoms with Crippen molar-refractivity contribution < 1.29 is 4.79 Å². The van der Waals surface area contributed by atoms with Crippen LogP contribution in [0.2, 0.25) is 8.67 Å². The highest BCUT2D eigenvalue weighted by Gasteiger charge is 2.15. The largest absolute Gasteiger partial charge is 0.322 e. The van der Waals surface area contributed by atoms with Crippen LogP contribution in [-0.2, 0) is 0 Å². The lowest BCUT2D eigenvalue weighted by molar-refractivity contribution is 0.102. The molecular formula is C15H12Cl2N2OS. The minimum atomic E-state index is -0.296. The van der Waals surface area contributed by atoms with Gasteiger partial charge in [0.1, 0.15) is 4.34 Å². The first kappa shape index (κ1) is 15.9. The van der Waals surface area contributed by atoms with Crippen LogP contribution in [0.25, 0.3) is 0 Å². The van der Waals surface area contributed by atoms with E-state index in [9.17, 15) is 4.79 Å². The number of benzene rings is 1. The van der Waals surface area contributed by atoms with Crippen LogP contribution in [0.3, 0.4) is 0 Å². The molecule has 0 bridgehead atoms. The van der Waals surface area contributed by atoms with Gasteiger partial charge in [0, 0.05) is 11.3 Å². The van der Waals surface area contributed by atoms with Crippen LogP contribution >= 0.6 is 34.5 Å². The number of thiophene rings is 1. The lowest BCUT2D eigenvalue weighted by Crippen LogP contribution is -2.12. The first-order chi connectivity index (χ1) is 10.0. The Bertz CT molecular complexity index is 744. The zero-order valence-electron chi connectivity index (χ0n) is 11.2. The van der Waals surface area contributed by atoms with Gasteiger partial charge in [0.15, 0.2) is 0 Å². The number of carbonyl (C=O) groups is 1. The molecule has 3 nitrogen and oxygen atoms in total. The normalized spacial score (nSPS) is 9.90. The summed E-state index contributed by atoms with van der Waals surface area (Å²) in [5, 5.41) is 2.82. The molecule has 108 valence electrons. The van der Waals surface area contributed by atoms with Crippen molar-refractivity contribution in [2.24, 2.45) is 5.73 Å². The smallest absolute Gasteiger partial charge is 0.258 e. The van der Waals surface area contributed by atoms with Crippen molar-refractivity contribution in [2.45, 2.75) is 6.92 Å². The Kier molecular flexibility index (Phi) is 5.27. The molecule has 0 aliphatic heterocycles. The second-order valence-electron chi connectivity index (χ2n) is 4.23. The third-order valence-electron chi connectivity index (χ3n) is 2.72. The number of carbonyl (C=O) groups excluding carboxylic acids is 1. The molecule has 0 saturated heterocycles. The van der Waals surface area contributed by atoms with Gasteiger partial charge in [-0.1, -0.05) is 41.1 Å². The van der Waals surface area contributed by atoms with Crippen molar-refractivity contribution in [2.75, 3.05) is 11.9 Å². The molecule has 0 fully saturated rings. The van der Waals surface area contributed by atoms with Crippen molar-refractivity contribution in [1.29, 1.82) is 0 Å². The van der Waals surface area contributed by atoms with Crippen molar-refractivity contribution >= 4 is 46.1 Å². The van der Waals surface area contributed by atoms with Crippen LogP contribution in [-0.4, -0.2) is 12.5 Å². The van der Waals surface area contributed by atoms with E-state index in [0.29, 0.717) is 26.5 Å². The third-order valence-corrected chi connectivity index (χ3v) is 4.21. The summed E-state index contributed by atoms with van der Waals surface area (Å²) in [5.74, 6) is 5.41. The molecule has 1 amide bonds. The SMILES string of the molecule is Cc1ccc(C#CCN)cc1NC(=O)c1cc(Cl)sc1Cl. The van der Waals surface area contributed by atoms with Gasteiger partial charge in [-0.05, 0) is 30.7 Å². The number of nitrogens with one attached hydrogen (secondary N) is 1. The van der Waals surface area contributed by atoms with Crippen LogP contribution in [0.1, 0.15) is 21.5 Å². The summed E-state index contributed by atoms with van der Waals surface area (Å²) in [6.07, 6.45) is 0. The molecule has 0 unspecified atom stereocenters. The van der Waals surface area contributed by atoms with Gasteiger partial charge in [-0.3, -0.25) is 4.79 Å². The Morgan fingerprint density at radius 2 is 2.14 bits per heavy atom. The average molecular weight is 339 g/mol. The molecule has 0 spiro atoms. The van der Waals surface area contributed by atoms with Crippen molar-refractivity contribution in [3.8, 4) is 11.8 Å². The van der Waals surface area contributed by atoms with E-state index in [4.69, 9.17) is 28.9 Å². The monoisotopic (exact) mass is 338 g/mol. The van der Waals surface area contributed by atoms with E-state index in [1.165, 1.54) is 0 Å². The highest BCUT2D eigenvalue weighted by molar-refractivity contribution is 7.20. The summed E-state index contributed by atoms with van der Waals surface area (Å²) in [7, 11) is 0. The van der Waals surface area contributed by atoms with Gasteiger partial charge in [-0.25, -0.2) is 0 Å². The summed E-state index contributed by atoms with van der Waals surface area (Å²) in [6, 6.07) is 7.12. The van der Waals surface area contributed by atoms with Crippen LogP contribution in [0.4, 0.5) is 5.69 Å². The number of aryl methyl sites for hydroxylation is 1. The Morgan fingerprint density at radius 3 is 2.76 bits per heavy atom. The summed E-state index contributed by atoms with van der Waals surface area (Å²) >= 11 is 13.0. The van der Waals surface area contributed by atoms with Gasteiger partial charge in [-0.2, -0.15) is 0 Å². The fourth-order valence-electron chi connectivity index (χ4n) is 1.67. The van der Waals surface area contributed by atoms with E-state index in [-0.39, 0.29) is 5.91 Å².